The highest BCUT2D eigenvalue weighted by Crippen LogP contribution is 2.27. The van der Waals surface area contributed by atoms with E-state index >= 15 is 0 Å². The molecule has 0 saturated heterocycles. The van der Waals surface area contributed by atoms with Crippen molar-refractivity contribution < 1.29 is 9.13 Å². The van der Waals surface area contributed by atoms with Gasteiger partial charge in [-0.1, -0.05) is 12.1 Å². The number of ether oxygens (including phenoxy) is 1. The van der Waals surface area contributed by atoms with E-state index in [1.807, 2.05) is 13.8 Å². The van der Waals surface area contributed by atoms with E-state index in [4.69, 9.17) is 4.74 Å². The van der Waals surface area contributed by atoms with Gasteiger partial charge in [-0.15, -0.1) is 6.58 Å². The molecule has 0 amide bonds. The van der Waals surface area contributed by atoms with Crippen LogP contribution < -0.4 is 10.1 Å². The highest BCUT2D eigenvalue weighted by molar-refractivity contribution is 5.88. The summed E-state index contributed by atoms with van der Waals surface area (Å²) < 4.78 is 19.7. The lowest BCUT2D eigenvalue weighted by molar-refractivity contribution is 0.253. The maximum absolute atomic E-state index is 13.9. The third-order valence-electron chi connectivity index (χ3n) is 3.27. The second kappa shape index (κ2) is 5.87. The largest absolute Gasteiger partial charge is 0.479 e. The van der Waals surface area contributed by atoms with E-state index in [1.54, 1.807) is 12.1 Å². The van der Waals surface area contributed by atoms with Crippen LogP contribution in [0.15, 0.2) is 29.8 Å². The van der Waals surface area contributed by atoms with Crippen molar-refractivity contribution in [3.63, 3.8) is 0 Å². The van der Waals surface area contributed by atoms with E-state index in [0.29, 0.717) is 12.2 Å². The van der Waals surface area contributed by atoms with Crippen molar-refractivity contribution >= 4 is 5.84 Å². The first-order valence-corrected chi connectivity index (χ1v) is 6.45. The van der Waals surface area contributed by atoms with Crippen molar-refractivity contribution in [2.24, 2.45) is 4.99 Å². The third kappa shape index (κ3) is 2.95. The number of nitrogens with zero attached hydrogens (tertiary/aromatic N) is 1. The van der Waals surface area contributed by atoms with Crippen LogP contribution in [0.3, 0.4) is 0 Å². The van der Waals surface area contributed by atoms with Crippen LogP contribution in [0.4, 0.5) is 4.39 Å². The normalized spacial score (nSPS) is 15.6. The molecule has 0 aliphatic carbocycles. The number of rotatable bonds is 5. The minimum atomic E-state index is -0.337. The molecule has 1 unspecified atom stereocenters. The topological polar surface area (TPSA) is 33.6 Å². The molecular weight excluding hydrogens is 243 g/mol. The molecule has 1 aliphatic heterocycles. The maximum Gasteiger partial charge on any atom is 0.165 e. The lowest BCUT2D eigenvalue weighted by Gasteiger charge is -2.20. The standard InChI is InChI=1S/C15H19FN2O/c1-4-5-13(15-17-8-9-18-15)19-14-11(3)10(2)6-7-12(14)16/h4,6-7,13H,1,5,8-9H2,2-3H3,(H,17,18). The summed E-state index contributed by atoms with van der Waals surface area (Å²) in [4.78, 5) is 4.34. The van der Waals surface area contributed by atoms with Crippen LogP contribution in [0.2, 0.25) is 0 Å². The van der Waals surface area contributed by atoms with Crippen molar-refractivity contribution in [1.29, 1.82) is 0 Å². The van der Waals surface area contributed by atoms with Gasteiger partial charge in [0.1, 0.15) is 5.84 Å². The molecule has 0 saturated carbocycles. The van der Waals surface area contributed by atoms with E-state index in [0.717, 1.165) is 30.1 Å². The Morgan fingerprint density at radius 3 is 2.95 bits per heavy atom. The molecule has 2 rings (SSSR count). The van der Waals surface area contributed by atoms with Crippen LogP contribution in [0, 0.1) is 19.7 Å². The van der Waals surface area contributed by atoms with Crippen molar-refractivity contribution in [1.82, 2.24) is 5.32 Å². The number of halogens is 1. The Hall–Kier alpha value is -1.84. The molecule has 0 fully saturated rings. The van der Waals surface area contributed by atoms with Gasteiger partial charge in [-0.25, -0.2) is 4.39 Å². The van der Waals surface area contributed by atoms with Crippen molar-refractivity contribution in [2.45, 2.75) is 26.4 Å². The zero-order chi connectivity index (χ0) is 13.8. The van der Waals surface area contributed by atoms with Gasteiger partial charge in [0.05, 0.1) is 6.54 Å². The minimum Gasteiger partial charge on any atom is -0.479 e. The Morgan fingerprint density at radius 1 is 1.53 bits per heavy atom. The predicted octanol–water partition coefficient (Wildman–Crippen LogP) is 2.77. The molecule has 0 spiro atoms. The first kappa shape index (κ1) is 13.6. The average Bonchev–Trinajstić information content (AvgIpc) is 2.92. The quantitative estimate of drug-likeness (QED) is 0.828. The third-order valence-corrected chi connectivity index (χ3v) is 3.27. The van der Waals surface area contributed by atoms with E-state index in [9.17, 15) is 4.39 Å². The highest BCUT2D eigenvalue weighted by atomic mass is 19.1. The Balaban J connectivity index is 2.26. The van der Waals surface area contributed by atoms with Crippen LogP contribution in [0.5, 0.6) is 5.75 Å². The molecular formula is C15H19FN2O. The molecule has 1 atom stereocenters. The zero-order valence-electron chi connectivity index (χ0n) is 11.4. The summed E-state index contributed by atoms with van der Waals surface area (Å²) in [5.74, 6) is 0.749. The van der Waals surface area contributed by atoms with Gasteiger partial charge < -0.3 is 10.1 Å². The fraction of sp³-hybridized carbons (Fsp3) is 0.400. The molecule has 0 bridgehead atoms. The van der Waals surface area contributed by atoms with Crippen LogP contribution >= 0.6 is 0 Å². The second-order valence-corrected chi connectivity index (χ2v) is 4.64. The van der Waals surface area contributed by atoms with Gasteiger partial charge in [0.2, 0.25) is 0 Å². The number of benzene rings is 1. The number of nitrogens with one attached hydrogen (secondary N) is 1. The number of hydrogen-bond acceptors (Lipinski definition) is 3. The van der Waals surface area contributed by atoms with E-state index in [2.05, 4.69) is 16.9 Å². The number of aliphatic imine (C=N–C) groups is 1. The minimum absolute atomic E-state index is 0.296. The van der Waals surface area contributed by atoms with Gasteiger partial charge in [-0.05, 0) is 31.0 Å². The van der Waals surface area contributed by atoms with E-state index < -0.39 is 0 Å². The molecule has 1 aromatic carbocycles. The molecule has 102 valence electrons. The smallest absolute Gasteiger partial charge is 0.165 e. The van der Waals surface area contributed by atoms with Crippen molar-refractivity contribution in [3.05, 3.63) is 41.7 Å². The summed E-state index contributed by atoms with van der Waals surface area (Å²) in [5.41, 5.74) is 1.84. The predicted molar refractivity (Wildman–Crippen MR) is 75.4 cm³/mol. The van der Waals surface area contributed by atoms with Crippen molar-refractivity contribution in [2.75, 3.05) is 13.1 Å². The van der Waals surface area contributed by atoms with E-state index in [-0.39, 0.29) is 11.9 Å². The highest BCUT2D eigenvalue weighted by Gasteiger charge is 2.22. The summed E-state index contributed by atoms with van der Waals surface area (Å²) in [5, 5.41) is 3.17. The molecule has 0 aromatic heterocycles. The lowest BCUT2D eigenvalue weighted by atomic mass is 10.1. The van der Waals surface area contributed by atoms with Gasteiger partial charge in [0, 0.05) is 13.0 Å². The summed E-state index contributed by atoms with van der Waals surface area (Å²) in [6.07, 6.45) is 2.06. The SMILES string of the molecule is C=CCC(Oc1c(F)ccc(C)c1C)C1=NCCN1. The molecule has 1 heterocycles. The second-order valence-electron chi connectivity index (χ2n) is 4.64. The summed E-state index contributed by atoms with van der Waals surface area (Å²) in [7, 11) is 0. The van der Waals surface area contributed by atoms with E-state index in [1.165, 1.54) is 6.07 Å². The van der Waals surface area contributed by atoms with Gasteiger partial charge in [-0.3, -0.25) is 4.99 Å². The van der Waals surface area contributed by atoms with Crippen LogP contribution in [-0.4, -0.2) is 25.0 Å². The van der Waals surface area contributed by atoms with Gasteiger partial charge in [0.15, 0.2) is 17.7 Å². The molecule has 1 aromatic rings. The Labute approximate surface area is 113 Å². The first-order chi connectivity index (χ1) is 9.13. The fourth-order valence-corrected chi connectivity index (χ4v) is 2.04. The molecule has 1 aliphatic rings. The van der Waals surface area contributed by atoms with Gasteiger partial charge >= 0.3 is 0 Å². The van der Waals surface area contributed by atoms with Crippen LogP contribution in [0.25, 0.3) is 0 Å². The van der Waals surface area contributed by atoms with Crippen molar-refractivity contribution in [3.8, 4) is 5.75 Å². The summed E-state index contributed by atoms with van der Waals surface area (Å²) >= 11 is 0. The zero-order valence-corrected chi connectivity index (χ0v) is 11.4. The van der Waals surface area contributed by atoms with Gasteiger partial charge in [0.25, 0.3) is 0 Å². The Bertz CT molecular complexity index is 511. The maximum atomic E-state index is 13.9. The van der Waals surface area contributed by atoms with Crippen LogP contribution in [-0.2, 0) is 0 Å². The van der Waals surface area contributed by atoms with Gasteiger partial charge in [-0.2, -0.15) is 0 Å². The Kier molecular flexibility index (Phi) is 4.20. The molecule has 1 N–H and O–H groups in total. The lowest BCUT2D eigenvalue weighted by Crippen LogP contribution is -2.35. The summed E-state index contributed by atoms with van der Waals surface area (Å²) in [6, 6.07) is 3.19. The Morgan fingerprint density at radius 2 is 2.32 bits per heavy atom. The molecule has 4 heteroatoms. The molecule has 19 heavy (non-hydrogen) atoms. The average molecular weight is 262 g/mol. The summed E-state index contributed by atoms with van der Waals surface area (Å²) in [6.45, 7) is 9.07. The monoisotopic (exact) mass is 262 g/mol. The number of amidine groups is 1. The number of aryl methyl sites for hydroxylation is 1. The molecule has 0 radical (unpaired) electrons. The number of hydrogen-bond donors (Lipinski definition) is 1. The molecule has 3 nitrogen and oxygen atoms in total. The first-order valence-electron chi connectivity index (χ1n) is 6.45. The van der Waals surface area contributed by atoms with Crippen LogP contribution in [0.1, 0.15) is 17.5 Å². The fourth-order valence-electron chi connectivity index (χ4n) is 2.04.